The van der Waals surface area contributed by atoms with Crippen LogP contribution in [0.5, 0.6) is 17.2 Å². The molecule has 1 atom stereocenters. The Morgan fingerprint density at radius 1 is 0.781 bits per heavy atom. The first-order chi connectivity index (χ1) is 15.7. The van der Waals surface area contributed by atoms with Crippen molar-refractivity contribution in [2.24, 2.45) is 0 Å². The topological polar surface area (TPSA) is 49.8 Å². The Balaban J connectivity index is 1.77. The van der Waals surface area contributed by atoms with E-state index in [1.165, 1.54) is 0 Å². The van der Waals surface area contributed by atoms with Crippen molar-refractivity contribution in [3.8, 4) is 17.2 Å². The lowest BCUT2D eigenvalue weighted by Gasteiger charge is -2.29. The highest BCUT2D eigenvalue weighted by molar-refractivity contribution is 5.86. The second-order valence-electron chi connectivity index (χ2n) is 7.47. The summed E-state index contributed by atoms with van der Waals surface area (Å²) >= 11 is 0. The predicted octanol–water partition coefficient (Wildman–Crippen LogP) is 5.88. The highest BCUT2D eigenvalue weighted by atomic mass is 16.5. The summed E-state index contributed by atoms with van der Waals surface area (Å²) in [5.41, 5.74) is 4.51. The van der Waals surface area contributed by atoms with E-state index in [0.29, 0.717) is 17.2 Å². The van der Waals surface area contributed by atoms with Crippen LogP contribution >= 0.6 is 0 Å². The van der Waals surface area contributed by atoms with Gasteiger partial charge in [0.25, 0.3) is 0 Å². The fourth-order valence-electron chi connectivity index (χ4n) is 4.08. The zero-order valence-corrected chi connectivity index (χ0v) is 18.2. The number of hydrogen-bond donors (Lipinski definition) is 0. The molecule has 1 aliphatic rings. The molecule has 32 heavy (non-hydrogen) atoms. The van der Waals surface area contributed by atoms with E-state index in [0.717, 1.165) is 39.0 Å². The zero-order valence-electron chi connectivity index (χ0n) is 18.2. The van der Waals surface area contributed by atoms with Crippen molar-refractivity contribution >= 4 is 22.7 Å². The van der Waals surface area contributed by atoms with Crippen LogP contribution in [-0.4, -0.2) is 26.3 Å². The first-order valence-corrected chi connectivity index (χ1v) is 10.3. The molecule has 3 aromatic carbocycles. The Morgan fingerprint density at radius 3 is 2.16 bits per heavy atom. The number of hydrogen-bond acceptors (Lipinski definition) is 5. The van der Waals surface area contributed by atoms with E-state index in [1.807, 2.05) is 66.7 Å². The van der Waals surface area contributed by atoms with Gasteiger partial charge in [-0.3, -0.25) is 0 Å². The van der Waals surface area contributed by atoms with Gasteiger partial charge in [-0.15, -0.1) is 0 Å². The number of rotatable bonds is 5. The molecule has 0 fully saturated rings. The van der Waals surface area contributed by atoms with Crippen LogP contribution in [-0.2, 0) is 4.74 Å². The van der Waals surface area contributed by atoms with E-state index in [2.05, 4.69) is 12.1 Å². The van der Waals surface area contributed by atoms with E-state index in [9.17, 15) is 0 Å². The Kier molecular flexibility index (Phi) is 5.15. The molecule has 1 unspecified atom stereocenters. The Morgan fingerprint density at radius 2 is 1.47 bits per heavy atom. The normalized spacial score (nSPS) is 14.8. The maximum Gasteiger partial charge on any atom is 0.158 e. The Hall–Kier alpha value is -3.99. The van der Waals surface area contributed by atoms with Gasteiger partial charge in [0.1, 0.15) is 23.0 Å². The van der Waals surface area contributed by atoms with Crippen molar-refractivity contribution in [2.45, 2.75) is 6.10 Å². The summed E-state index contributed by atoms with van der Waals surface area (Å²) in [6.07, 6.45) is 1.52. The maximum absolute atomic E-state index is 6.61. The van der Waals surface area contributed by atoms with Crippen LogP contribution in [0.15, 0.2) is 72.8 Å². The minimum Gasteiger partial charge on any atom is -0.496 e. The summed E-state index contributed by atoms with van der Waals surface area (Å²) in [7, 11) is 4.88. The fourth-order valence-corrected chi connectivity index (χ4v) is 4.08. The molecule has 0 N–H and O–H groups in total. The quantitative estimate of drug-likeness (QED) is 0.400. The van der Waals surface area contributed by atoms with E-state index in [4.69, 9.17) is 23.9 Å². The number of fused-ring (bicyclic) bond motifs is 2. The molecule has 0 saturated carbocycles. The zero-order chi connectivity index (χ0) is 22.1. The molecule has 4 aromatic rings. The molecule has 0 saturated heterocycles. The van der Waals surface area contributed by atoms with Gasteiger partial charge < -0.3 is 18.9 Å². The highest BCUT2D eigenvalue weighted by Gasteiger charge is 2.32. The minimum atomic E-state index is -0.474. The summed E-state index contributed by atoms with van der Waals surface area (Å²) in [4.78, 5) is 4.95. The SMILES string of the molecule is COc1cc(OC)c(C2OC(c3ccccc3)=Cc3nc4ccccc4cc32)c(OC)c1. The first-order valence-electron chi connectivity index (χ1n) is 10.3. The van der Waals surface area contributed by atoms with Crippen molar-refractivity contribution in [1.82, 2.24) is 4.98 Å². The lowest BCUT2D eigenvalue weighted by Crippen LogP contribution is -2.15. The summed E-state index contributed by atoms with van der Waals surface area (Å²) in [6.45, 7) is 0. The van der Waals surface area contributed by atoms with Crippen LogP contribution in [0.1, 0.15) is 28.5 Å². The molecule has 0 aliphatic carbocycles. The van der Waals surface area contributed by atoms with Crippen molar-refractivity contribution in [3.63, 3.8) is 0 Å². The molecule has 1 aliphatic heterocycles. The van der Waals surface area contributed by atoms with Gasteiger partial charge in [-0.25, -0.2) is 4.98 Å². The smallest absolute Gasteiger partial charge is 0.158 e. The van der Waals surface area contributed by atoms with Gasteiger partial charge in [-0.1, -0.05) is 48.5 Å². The number of pyridine rings is 1. The van der Waals surface area contributed by atoms with E-state index in [1.54, 1.807) is 21.3 Å². The summed E-state index contributed by atoms with van der Waals surface area (Å²) in [6, 6.07) is 23.9. The van der Waals surface area contributed by atoms with Crippen LogP contribution in [0.3, 0.4) is 0 Å². The van der Waals surface area contributed by atoms with Crippen LogP contribution in [0.4, 0.5) is 0 Å². The summed E-state index contributed by atoms with van der Waals surface area (Å²) in [5.74, 6) is 2.64. The maximum atomic E-state index is 6.61. The van der Waals surface area contributed by atoms with Gasteiger partial charge in [-0.2, -0.15) is 0 Å². The van der Waals surface area contributed by atoms with E-state index < -0.39 is 6.10 Å². The lowest BCUT2D eigenvalue weighted by molar-refractivity contribution is 0.195. The standard InChI is InChI=1S/C27H23NO4/c1-29-19-14-24(30-2)26(25(15-19)31-3)27-20-13-18-11-7-8-12-21(18)28-22(20)16-23(32-27)17-9-5-4-6-10-17/h4-16,27H,1-3H3. The third-order valence-corrected chi connectivity index (χ3v) is 5.65. The lowest BCUT2D eigenvalue weighted by atomic mass is 9.93. The Bertz CT molecular complexity index is 1290. The van der Waals surface area contributed by atoms with Crippen LogP contribution in [0.25, 0.3) is 22.7 Å². The second-order valence-corrected chi connectivity index (χ2v) is 7.47. The van der Waals surface area contributed by atoms with Crippen molar-refractivity contribution in [2.75, 3.05) is 21.3 Å². The molecule has 0 amide bonds. The number of nitrogens with zero attached hydrogens (tertiary/aromatic N) is 1. The number of aromatic nitrogens is 1. The van der Waals surface area contributed by atoms with Gasteiger partial charge in [0, 0.05) is 34.7 Å². The van der Waals surface area contributed by atoms with Crippen LogP contribution < -0.4 is 14.2 Å². The molecule has 0 bridgehead atoms. The highest BCUT2D eigenvalue weighted by Crippen LogP contribution is 2.47. The molecule has 0 spiro atoms. The molecule has 5 heteroatoms. The molecule has 0 radical (unpaired) electrons. The summed E-state index contributed by atoms with van der Waals surface area (Å²) < 4.78 is 23.5. The molecule has 2 heterocycles. The minimum absolute atomic E-state index is 0.474. The largest absolute Gasteiger partial charge is 0.496 e. The number of benzene rings is 3. The monoisotopic (exact) mass is 425 g/mol. The third-order valence-electron chi connectivity index (χ3n) is 5.65. The third kappa shape index (κ3) is 3.42. The molecule has 1 aromatic heterocycles. The average molecular weight is 425 g/mol. The Labute approximate surface area is 186 Å². The van der Waals surface area contributed by atoms with Gasteiger partial charge in [-0.05, 0) is 12.1 Å². The molecule has 160 valence electrons. The fraction of sp³-hybridized carbons (Fsp3) is 0.148. The predicted molar refractivity (Wildman–Crippen MR) is 125 cm³/mol. The van der Waals surface area contributed by atoms with Crippen molar-refractivity contribution < 1.29 is 18.9 Å². The van der Waals surface area contributed by atoms with E-state index in [-0.39, 0.29) is 0 Å². The number of para-hydroxylation sites is 1. The van der Waals surface area contributed by atoms with Gasteiger partial charge in [0.2, 0.25) is 0 Å². The van der Waals surface area contributed by atoms with Gasteiger partial charge >= 0.3 is 0 Å². The van der Waals surface area contributed by atoms with Crippen molar-refractivity contribution in [1.29, 1.82) is 0 Å². The molecular weight excluding hydrogens is 402 g/mol. The molecule has 5 nitrogen and oxygen atoms in total. The van der Waals surface area contributed by atoms with Crippen LogP contribution in [0, 0.1) is 0 Å². The van der Waals surface area contributed by atoms with E-state index >= 15 is 0 Å². The van der Waals surface area contributed by atoms with Crippen LogP contribution in [0.2, 0.25) is 0 Å². The number of methoxy groups -OCH3 is 3. The molecule has 5 rings (SSSR count). The summed E-state index contributed by atoms with van der Waals surface area (Å²) in [5, 5.41) is 1.04. The first kappa shape index (κ1) is 19.9. The van der Waals surface area contributed by atoms with Gasteiger partial charge in [0.15, 0.2) is 6.10 Å². The van der Waals surface area contributed by atoms with Gasteiger partial charge in [0.05, 0.1) is 38.1 Å². The molecular formula is C27H23NO4. The second kappa shape index (κ2) is 8.27. The van der Waals surface area contributed by atoms with Crippen molar-refractivity contribution in [3.05, 3.63) is 95.2 Å². The average Bonchev–Trinajstić information content (AvgIpc) is 2.86. The number of ether oxygens (including phenoxy) is 4.